The number of aromatic nitrogens is 1. The Morgan fingerprint density at radius 2 is 2.04 bits per heavy atom. The minimum atomic E-state index is -0.221. The van der Waals surface area contributed by atoms with Crippen LogP contribution in [-0.4, -0.2) is 48.3 Å². The van der Waals surface area contributed by atoms with Gasteiger partial charge in [0, 0.05) is 42.4 Å². The van der Waals surface area contributed by atoms with Crippen LogP contribution in [0.3, 0.4) is 0 Å². The summed E-state index contributed by atoms with van der Waals surface area (Å²) < 4.78 is 19.3. The first-order chi connectivity index (χ1) is 12.0. The third-order valence-electron chi connectivity index (χ3n) is 4.70. The minimum Gasteiger partial charge on any atom is -0.382 e. The monoisotopic (exact) mass is 345 g/mol. The smallest absolute Gasteiger partial charge is 0.124 e. The molecule has 5 heteroatoms. The summed E-state index contributed by atoms with van der Waals surface area (Å²) in [6.45, 7) is 10.0. The SMILES string of the molecule is Cc1cc(NC2CCN(CCOC(C)C)CC2)c2cc(F)ccc2n1. The molecule has 0 aliphatic carbocycles. The van der Waals surface area contributed by atoms with E-state index in [9.17, 15) is 4.39 Å². The number of hydrogen-bond acceptors (Lipinski definition) is 4. The maximum atomic E-state index is 13.6. The molecule has 0 spiro atoms. The van der Waals surface area contributed by atoms with Gasteiger partial charge in [0.05, 0.1) is 18.2 Å². The molecule has 1 aromatic carbocycles. The maximum absolute atomic E-state index is 13.6. The summed E-state index contributed by atoms with van der Waals surface area (Å²) in [5.74, 6) is -0.221. The van der Waals surface area contributed by atoms with Gasteiger partial charge in [-0.05, 0) is 57.9 Å². The van der Waals surface area contributed by atoms with Crippen molar-refractivity contribution in [3.05, 3.63) is 35.8 Å². The van der Waals surface area contributed by atoms with Crippen LogP contribution in [0.2, 0.25) is 0 Å². The number of benzene rings is 1. The Balaban J connectivity index is 1.61. The second-order valence-corrected chi connectivity index (χ2v) is 7.15. The highest BCUT2D eigenvalue weighted by molar-refractivity contribution is 5.91. The molecule has 1 aliphatic rings. The number of nitrogens with one attached hydrogen (secondary N) is 1. The van der Waals surface area contributed by atoms with E-state index in [1.165, 1.54) is 6.07 Å². The highest BCUT2D eigenvalue weighted by Gasteiger charge is 2.19. The van der Waals surface area contributed by atoms with Crippen molar-refractivity contribution in [3.8, 4) is 0 Å². The average Bonchev–Trinajstić information content (AvgIpc) is 2.57. The van der Waals surface area contributed by atoms with Crippen LogP contribution in [0, 0.1) is 12.7 Å². The summed E-state index contributed by atoms with van der Waals surface area (Å²) in [5, 5.41) is 4.48. The lowest BCUT2D eigenvalue weighted by Gasteiger charge is -2.33. The van der Waals surface area contributed by atoms with Crippen LogP contribution >= 0.6 is 0 Å². The van der Waals surface area contributed by atoms with Crippen molar-refractivity contribution in [1.29, 1.82) is 0 Å². The number of fused-ring (bicyclic) bond motifs is 1. The zero-order chi connectivity index (χ0) is 17.8. The number of anilines is 1. The Bertz CT molecular complexity index is 711. The average molecular weight is 345 g/mol. The van der Waals surface area contributed by atoms with E-state index >= 15 is 0 Å². The standard InChI is InChI=1S/C20H28FN3O/c1-14(2)25-11-10-24-8-6-17(7-9-24)23-20-12-15(3)22-19-5-4-16(21)13-18(19)20/h4-5,12-14,17H,6-11H2,1-3H3,(H,22,23). The molecule has 25 heavy (non-hydrogen) atoms. The van der Waals surface area contributed by atoms with E-state index in [-0.39, 0.29) is 5.82 Å². The number of halogens is 1. The number of piperidine rings is 1. The van der Waals surface area contributed by atoms with Crippen molar-refractivity contribution in [2.45, 2.75) is 45.8 Å². The summed E-state index contributed by atoms with van der Waals surface area (Å²) in [6.07, 6.45) is 2.46. The fourth-order valence-electron chi connectivity index (χ4n) is 3.39. The molecule has 0 radical (unpaired) electrons. The molecular formula is C20H28FN3O. The number of hydrogen-bond donors (Lipinski definition) is 1. The Morgan fingerprint density at radius 3 is 2.76 bits per heavy atom. The van der Waals surface area contributed by atoms with Crippen LogP contribution in [-0.2, 0) is 4.74 Å². The van der Waals surface area contributed by atoms with Crippen molar-refractivity contribution in [2.24, 2.45) is 0 Å². The predicted molar refractivity (Wildman–Crippen MR) is 101 cm³/mol. The number of pyridine rings is 1. The van der Waals surface area contributed by atoms with E-state index in [0.29, 0.717) is 12.1 Å². The van der Waals surface area contributed by atoms with E-state index in [0.717, 1.165) is 61.4 Å². The first-order valence-corrected chi connectivity index (χ1v) is 9.18. The third-order valence-corrected chi connectivity index (χ3v) is 4.70. The number of rotatable bonds is 6. The number of ether oxygens (including phenoxy) is 1. The van der Waals surface area contributed by atoms with Crippen molar-refractivity contribution >= 4 is 16.6 Å². The highest BCUT2D eigenvalue weighted by Crippen LogP contribution is 2.26. The lowest BCUT2D eigenvalue weighted by molar-refractivity contribution is 0.0543. The zero-order valence-electron chi connectivity index (χ0n) is 15.4. The molecule has 0 bridgehead atoms. The summed E-state index contributed by atoms with van der Waals surface area (Å²) in [5.41, 5.74) is 2.78. The molecule has 0 atom stereocenters. The summed E-state index contributed by atoms with van der Waals surface area (Å²) in [4.78, 5) is 6.96. The molecule has 2 heterocycles. The predicted octanol–water partition coefficient (Wildman–Crippen LogP) is 3.98. The molecule has 4 nitrogen and oxygen atoms in total. The van der Waals surface area contributed by atoms with Crippen molar-refractivity contribution in [2.75, 3.05) is 31.6 Å². The molecule has 0 unspecified atom stereocenters. The summed E-state index contributed by atoms with van der Waals surface area (Å²) in [6, 6.07) is 7.22. The lowest BCUT2D eigenvalue weighted by Crippen LogP contribution is -2.40. The molecule has 1 aromatic heterocycles. The second-order valence-electron chi connectivity index (χ2n) is 7.15. The fourth-order valence-corrected chi connectivity index (χ4v) is 3.39. The van der Waals surface area contributed by atoms with E-state index < -0.39 is 0 Å². The number of likely N-dealkylation sites (tertiary alicyclic amines) is 1. The van der Waals surface area contributed by atoms with Crippen LogP contribution in [0.1, 0.15) is 32.4 Å². The topological polar surface area (TPSA) is 37.4 Å². The van der Waals surface area contributed by atoms with Gasteiger partial charge >= 0.3 is 0 Å². The van der Waals surface area contributed by atoms with Gasteiger partial charge in [-0.3, -0.25) is 4.98 Å². The number of aryl methyl sites for hydroxylation is 1. The maximum Gasteiger partial charge on any atom is 0.124 e. The molecule has 136 valence electrons. The fraction of sp³-hybridized carbons (Fsp3) is 0.550. The summed E-state index contributed by atoms with van der Waals surface area (Å²) in [7, 11) is 0. The third kappa shape index (κ3) is 4.89. The van der Waals surface area contributed by atoms with E-state index in [1.54, 1.807) is 12.1 Å². The van der Waals surface area contributed by atoms with Gasteiger partial charge in [-0.2, -0.15) is 0 Å². The molecule has 0 saturated carbocycles. The van der Waals surface area contributed by atoms with Crippen molar-refractivity contribution in [3.63, 3.8) is 0 Å². The van der Waals surface area contributed by atoms with E-state index in [1.807, 2.05) is 13.0 Å². The van der Waals surface area contributed by atoms with Crippen LogP contribution in [0.25, 0.3) is 10.9 Å². The van der Waals surface area contributed by atoms with Crippen molar-refractivity contribution < 1.29 is 9.13 Å². The van der Waals surface area contributed by atoms with Crippen molar-refractivity contribution in [1.82, 2.24) is 9.88 Å². The lowest BCUT2D eigenvalue weighted by atomic mass is 10.0. The normalized spacial score (nSPS) is 16.7. The Labute approximate surface area is 149 Å². The molecule has 1 aliphatic heterocycles. The molecule has 1 N–H and O–H groups in total. The quantitative estimate of drug-likeness (QED) is 0.859. The minimum absolute atomic E-state index is 0.221. The van der Waals surface area contributed by atoms with Gasteiger partial charge in [-0.15, -0.1) is 0 Å². The Kier molecular flexibility index (Phi) is 5.86. The summed E-state index contributed by atoms with van der Waals surface area (Å²) >= 11 is 0. The van der Waals surface area contributed by atoms with Gasteiger partial charge in [-0.25, -0.2) is 4.39 Å². The number of nitrogens with zero attached hydrogens (tertiary/aromatic N) is 2. The van der Waals surface area contributed by atoms with Crippen LogP contribution in [0.5, 0.6) is 0 Å². The van der Waals surface area contributed by atoms with Crippen LogP contribution in [0.4, 0.5) is 10.1 Å². The first-order valence-electron chi connectivity index (χ1n) is 9.18. The van der Waals surface area contributed by atoms with Gasteiger partial charge in [0.15, 0.2) is 0 Å². The molecule has 3 rings (SSSR count). The van der Waals surface area contributed by atoms with Gasteiger partial charge < -0.3 is 15.0 Å². The first kappa shape index (κ1) is 18.1. The second kappa shape index (κ2) is 8.11. The zero-order valence-corrected chi connectivity index (χ0v) is 15.4. The van der Waals surface area contributed by atoms with Gasteiger partial charge in [0.2, 0.25) is 0 Å². The Hall–Kier alpha value is -1.72. The molecule has 2 aromatic rings. The van der Waals surface area contributed by atoms with Crippen LogP contribution < -0.4 is 5.32 Å². The molecule has 1 fully saturated rings. The van der Waals surface area contributed by atoms with Gasteiger partial charge in [0.1, 0.15) is 5.82 Å². The molecule has 1 saturated heterocycles. The van der Waals surface area contributed by atoms with E-state index in [4.69, 9.17) is 4.74 Å². The van der Waals surface area contributed by atoms with Gasteiger partial charge in [0.25, 0.3) is 0 Å². The Morgan fingerprint density at radius 1 is 1.28 bits per heavy atom. The molecule has 0 amide bonds. The van der Waals surface area contributed by atoms with E-state index in [2.05, 4.69) is 29.0 Å². The highest BCUT2D eigenvalue weighted by atomic mass is 19.1. The van der Waals surface area contributed by atoms with Crippen LogP contribution in [0.15, 0.2) is 24.3 Å². The molecular weight excluding hydrogens is 317 g/mol. The largest absolute Gasteiger partial charge is 0.382 e. The van der Waals surface area contributed by atoms with Gasteiger partial charge in [-0.1, -0.05) is 0 Å².